The van der Waals surface area contributed by atoms with Crippen LogP contribution in [0, 0.1) is 6.92 Å². The normalized spacial score (nSPS) is 17.4. The lowest BCUT2D eigenvalue weighted by atomic mass is 10.0. The Bertz CT molecular complexity index is 480. The van der Waals surface area contributed by atoms with E-state index in [1.54, 1.807) is 0 Å². The third-order valence-electron chi connectivity index (χ3n) is 3.29. The van der Waals surface area contributed by atoms with E-state index in [4.69, 9.17) is 9.47 Å². The fourth-order valence-electron chi connectivity index (χ4n) is 2.10. The molecule has 0 atom stereocenters. The summed E-state index contributed by atoms with van der Waals surface area (Å²) in [5.74, 6) is 1.63. The van der Waals surface area contributed by atoms with Crippen LogP contribution in [-0.4, -0.2) is 25.2 Å². The van der Waals surface area contributed by atoms with E-state index in [1.165, 1.54) is 0 Å². The molecule has 1 aromatic carbocycles. The Balaban J connectivity index is 1.76. The van der Waals surface area contributed by atoms with Crippen molar-refractivity contribution in [3.8, 4) is 11.5 Å². The average molecular weight is 247 g/mol. The molecule has 3 rings (SSSR count). The number of carbonyl (C=O) groups is 1. The summed E-state index contributed by atoms with van der Waals surface area (Å²) < 4.78 is 11.1. The Kier molecular flexibility index (Phi) is 2.86. The quantitative estimate of drug-likeness (QED) is 0.882. The Morgan fingerprint density at radius 2 is 1.94 bits per heavy atom. The number of nitrogens with one attached hydrogen (secondary N) is 1. The molecule has 0 spiro atoms. The number of carbonyl (C=O) groups excluding carboxylic acids is 1. The first kappa shape index (κ1) is 11.4. The van der Waals surface area contributed by atoms with E-state index in [0.29, 0.717) is 25.7 Å². The minimum absolute atomic E-state index is 0.0947. The lowest BCUT2D eigenvalue weighted by Crippen LogP contribution is -2.27. The second-order valence-corrected chi connectivity index (χ2v) is 4.94. The SMILES string of the molecule is Cc1cc2c(cc1CC(=O)NC1CC1)OCCO2. The highest BCUT2D eigenvalue weighted by molar-refractivity contribution is 5.79. The number of hydrogen-bond donors (Lipinski definition) is 1. The monoisotopic (exact) mass is 247 g/mol. The summed E-state index contributed by atoms with van der Waals surface area (Å²) in [4.78, 5) is 11.8. The molecular formula is C14H17NO3. The number of fused-ring (bicyclic) bond motifs is 1. The number of rotatable bonds is 3. The number of hydrogen-bond acceptors (Lipinski definition) is 3. The molecule has 0 radical (unpaired) electrons. The van der Waals surface area contributed by atoms with Crippen LogP contribution in [0.2, 0.25) is 0 Å². The highest BCUT2D eigenvalue weighted by atomic mass is 16.6. The van der Waals surface area contributed by atoms with Crippen LogP contribution in [0.25, 0.3) is 0 Å². The molecule has 4 nitrogen and oxygen atoms in total. The van der Waals surface area contributed by atoms with Gasteiger partial charge in [-0.2, -0.15) is 0 Å². The molecule has 1 aromatic rings. The largest absolute Gasteiger partial charge is 0.486 e. The molecule has 1 N–H and O–H groups in total. The van der Waals surface area contributed by atoms with Gasteiger partial charge in [-0.15, -0.1) is 0 Å². The number of amides is 1. The van der Waals surface area contributed by atoms with Gasteiger partial charge in [-0.1, -0.05) is 0 Å². The summed E-state index contributed by atoms with van der Waals surface area (Å²) in [5, 5.41) is 3.00. The zero-order valence-corrected chi connectivity index (χ0v) is 10.5. The van der Waals surface area contributed by atoms with Crippen LogP contribution in [0.1, 0.15) is 24.0 Å². The number of ether oxygens (including phenoxy) is 2. The predicted molar refractivity (Wildman–Crippen MR) is 67.0 cm³/mol. The highest BCUT2D eigenvalue weighted by Gasteiger charge is 2.23. The van der Waals surface area contributed by atoms with Crippen LogP contribution in [0.4, 0.5) is 0 Å². The van der Waals surface area contributed by atoms with Crippen molar-refractivity contribution in [1.29, 1.82) is 0 Å². The van der Waals surface area contributed by atoms with E-state index in [9.17, 15) is 4.79 Å². The van der Waals surface area contributed by atoms with Crippen LogP contribution < -0.4 is 14.8 Å². The van der Waals surface area contributed by atoms with Gasteiger partial charge in [-0.25, -0.2) is 0 Å². The summed E-state index contributed by atoms with van der Waals surface area (Å²) in [6.45, 7) is 3.16. The molecule has 0 bridgehead atoms. The van der Waals surface area contributed by atoms with Gasteiger partial charge in [0.2, 0.25) is 5.91 Å². The van der Waals surface area contributed by atoms with Crippen LogP contribution >= 0.6 is 0 Å². The molecule has 1 aliphatic carbocycles. The van der Waals surface area contributed by atoms with Crippen molar-refractivity contribution in [2.45, 2.75) is 32.2 Å². The van der Waals surface area contributed by atoms with E-state index < -0.39 is 0 Å². The van der Waals surface area contributed by atoms with Crippen LogP contribution in [0.3, 0.4) is 0 Å². The van der Waals surface area contributed by atoms with Gasteiger partial charge in [0.05, 0.1) is 6.42 Å². The third-order valence-corrected chi connectivity index (χ3v) is 3.29. The maximum absolute atomic E-state index is 11.8. The topological polar surface area (TPSA) is 47.6 Å². The summed E-state index contributed by atoms with van der Waals surface area (Å²) in [6, 6.07) is 4.29. The zero-order valence-electron chi connectivity index (χ0n) is 10.5. The molecule has 0 aromatic heterocycles. The molecule has 2 aliphatic rings. The zero-order chi connectivity index (χ0) is 12.5. The smallest absolute Gasteiger partial charge is 0.224 e. The molecule has 1 fully saturated rings. The molecule has 1 amide bonds. The fourth-order valence-corrected chi connectivity index (χ4v) is 2.10. The van der Waals surface area contributed by atoms with Gasteiger partial charge in [0.25, 0.3) is 0 Å². The molecule has 0 unspecified atom stereocenters. The van der Waals surface area contributed by atoms with Crippen molar-refractivity contribution >= 4 is 5.91 Å². The van der Waals surface area contributed by atoms with Crippen LogP contribution in [0.15, 0.2) is 12.1 Å². The summed E-state index contributed by atoms with van der Waals surface area (Å²) in [5.41, 5.74) is 2.09. The Morgan fingerprint density at radius 3 is 2.61 bits per heavy atom. The van der Waals surface area contributed by atoms with Gasteiger partial charge in [-0.3, -0.25) is 4.79 Å². The summed E-state index contributed by atoms with van der Waals surface area (Å²) in [6.07, 6.45) is 2.65. The second kappa shape index (κ2) is 4.52. The van der Waals surface area contributed by atoms with E-state index >= 15 is 0 Å². The molecule has 18 heavy (non-hydrogen) atoms. The molecule has 4 heteroatoms. The second-order valence-electron chi connectivity index (χ2n) is 4.94. The van der Waals surface area contributed by atoms with Crippen LogP contribution in [0.5, 0.6) is 11.5 Å². The van der Waals surface area contributed by atoms with Crippen molar-refractivity contribution in [2.24, 2.45) is 0 Å². The Hall–Kier alpha value is -1.71. The predicted octanol–water partition coefficient (Wildman–Crippen LogP) is 1.59. The van der Waals surface area contributed by atoms with E-state index in [2.05, 4.69) is 5.32 Å². The third kappa shape index (κ3) is 2.42. The Morgan fingerprint density at radius 1 is 1.28 bits per heavy atom. The minimum atomic E-state index is 0.0947. The Labute approximate surface area is 106 Å². The fraction of sp³-hybridized carbons (Fsp3) is 0.500. The van der Waals surface area contributed by atoms with Gasteiger partial charge in [-0.05, 0) is 43.0 Å². The molecule has 1 aliphatic heterocycles. The first-order chi connectivity index (χ1) is 8.72. The van der Waals surface area contributed by atoms with Crippen molar-refractivity contribution in [3.63, 3.8) is 0 Å². The van der Waals surface area contributed by atoms with Crippen molar-refractivity contribution in [2.75, 3.05) is 13.2 Å². The first-order valence-corrected chi connectivity index (χ1v) is 6.41. The average Bonchev–Trinajstić information content (AvgIpc) is 3.14. The molecule has 1 saturated carbocycles. The maximum Gasteiger partial charge on any atom is 0.224 e. The van der Waals surface area contributed by atoms with E-state index in [-0.39, 0.29) is 5.91 Å². The van der Waals surface area contributed by atoms with Crippen molar-refractivity contribution in [3.05, 3.63) is 23.3 Å². The molecule has 96 valence electrons. The van der Waals surface area contributed by atoms with Crippen LogP contribution in [-0.2, 0) is 11.2 Å². The standard InChI is InChI=1S/C14H17NO3/c1-9-6-12-13(18-5-4-17-12)7-10(9)8-14(16)15-11-2-3-11/h6-7,11H,2-5,8H2,1H3,(H,15,16). The number of benzene rings is 1. The minimum Gasteiger partial charge on any atom is -0.486 e. The van der Waals surface area contributed by atoms with E-state index in [0.717, 1.165) is 35.5 Å². The van der Waals surface area contributed by atoms with E-state index in [1.807, 2.05) is 19.1 Å². The number of aryl methyl sites for hydroxylation is 1. The first-order valence-electron chi connectivity index (χ1n) is 6.41. The summed E-state index contributed by atoms with van der Waals surface area (Å²) in [7, 11) is 0. The molecular weight excluding hydrogens is 230 g/mol. The van der Waals surface area contributed by atoms with Gasteiger partial charge in [0.1, 0.15) is 13.2 Å². The van der Waals surface area contributed by atoms with Gasteiger partial charge < -0.3 is 14.8 Å². The van der Waals surface area contributed by atoms with Gasteiger partial charge >= 0.3 is 0 Å². The van der Waals surface area contributed by atoms with Crippen molar-refractivity contribution < 1.29 is 14.3 Å². The van der Waals surface area contributed by atoms with Gasteiger partial charge in [0.15, 0.2) is 11.5 Å². The lowest BCUT2D eigenvalue weighted by Gasteiger charge is -2.20. The molecule has 0 saturated heterocycles. The lowest BCUT2D eigenvalue weighted by molar-refractivity contribution is -0.120. The van der Waals surface area contributed by atoms with Gasteiger partial charge in [0, 0.05) is 6.04 Å². The molecule has 1 heterocycles. The summed E-state index contributed by atoms with van der Waals surface area (Å²) >= 11 is 0. The van der Waals surface area contributed by atoms with Crippen molar-refractivity contribution in [1.82, 2.24) is 5.32 Å². The highest BCUT2D eigenvalue weighted by Crippen LogP contribution is 2.33. The maximum atomic E-state index is 11.8.